The summed E-state index contributed by atoms with van der Waals surface area (Å²) in [5, 5.41) is 9.11. The summed E-state index contributed by atoms with van der Waals surface area (Å²) in [5.74, 6) is 0.889. The third kappa shape index (κ3) is 3.53. The van der Waals surface area contributed by atoms with Gasteiger partial charge in [-0.25, -0.2) is 0 Å². The largest absolute Gasteiger partial charge is 0.480 e. The zero-order chi connectivity index (χ0) is 14.7. The highest BCUT2D eigenvalue weighted by Crippen LogP contribution is 2.34. The molecular weight excluding hydrogens is 252 g/mol. The molecule has 0 bridgehead atoms. The van der Waals surface area contributed by atoms with E-state index in [9.17, 15) is 4.79 Å². The van der Waals surface area contributed by atoms with E-state index < -0.39 is 5.97 Å². The van der Waals surface area contributed by atoms with E-state index in [0.29, 0.717) is 0 Å². The SMILES string of the molecule is CC(C)C1CCCCC1N1CCN(C(C)C(=O)O)CC1. The number of rotatable bonds is 4. The zero-order valence-corrected chi connectivity index (χ0v) is 13.2. The maximum absolute atomic E-state index is 11.1. The van der Waals surface area contributed by atoms with Gasteiger partial charge in [-0.1, -0.05) is 26.7 Å². The normalized spacial score (nSPS) is 31.4. The minimum Gasteiger partial charge on any atom is -0.480 e. The first-order chi connectivity index (χ1) is 9.50. The van der Waals surface area contributed by atoms with Crippen LogP contribution in [0.1, 0.15) is 46.5 Å². The Balaban J connectivity index is 1.90. The van der Waals surface area contributed by atoms with Gasteiger partial charge >= 0.3 is 5.97 Å². The van der Waals surface area contributed by atoms with E-state index >= 15 is 0 Å². The second-order valence-electron chi connectivity index (χ2n) is 6.85. The van der Waals surface area contributed by atoms with Crippen molar-refractivity contribution >= 4 is 5.97 Å². The molecule has 0 aromatic carbocycles. The fourth-order valence-corrected chi connectivity index (χ4v) is 3.98. The third-order valence-electron chi connectivity index (χ3n) is 5.36. The predicted molar refractivity (Wildman–Crippen MR) is 80.8 cm³/mol. The Hall–Kier alpha value is -0.610. The molecule has 0 aromatic rings. The first kappa shape index (κ1) is 15.8. The molecule has 0 radical (unpaired) electrons. The lowest BCUT2D eigenvalue weighted by Crippen LogP contribution is -2.56. The average molecular weight is 282 g/mol. The molecule has 1 aliphatic carbocycles. The van der Waals surface area contributed by atoms with Crippen molar-refractivity contribution in [1.82, 2.24) is 9.80 Å². The summed E-state index contributed by atoms with van der Waals surface area (Å²) in [7, 11) is 0. The Labute approximate surface area is 123 Å². The van der Waals surface area contributed by atoms with E-state index in [0.717, 1.165) is 44.1 Å². The van der Waals surface area contributed by atoms with Gasteiger partial charge in [0.15, 0.2) is 0 Å². The van der Waals surface area contributed by atoms with Crippen molar-refractivity contribution in [3.05, 3.63) is 0 Å². The summed E-state index contributed by atoms with van der Waals surface area (Å²) >= 11 is 0. The molecule has 0 amide bonds. The van der Waals surface area contributed by atoms with Gasteiger partial charge in [0.25, 0.3) is 0 Å². The molecule has 116 valence electrons. The number of carboxylic acid groups (broad SMARTS) is 1. The molecule has 3 atom stereocenters. The molecule has 0 aromatic heterocycles. The number of hydrogen-bond acceptors (Lipinski definition) is 3. The summed E-state index contributed by atoms with van der Waals surface area (Å²) in [6, 6.07) is 0.385. The van der Waals surface area contributed by atoms with Gasteiger partial charge < -0.3 is 5.11 Å². The average Bonchev–Trinajstić information content (AvgIpc) is 2.46. The summed E-state index contributed by atoms with van der Waals surface area (Å²) in [6.45, 7) is 10.4. The van der Waals surface area contributed by atoms with Crippen molar-refractivity contribution in [1.29, 1.82) is 0 Å². The van der Waals surface area contributed by atoms with Gasteiger partial charge in [0, 0.05) is 32.2 Å². The van der Waals surface area contributed by atoms with Gasteiger partial charge in [0.1, 0.15) is 6.04 Å². The van der Waals surface area contributed by atoms with Crippen molar-refractivity contribution in [3.8, 4) is 0 Å². The number of carbonyl (C=O) groups is 1. The maximum atomic E-state index is 11.1. The summed E-state index contributed by atoms with van der Waals surface area (Å²) < 4.78 is 0. The van der Waals surface area contributed by atoms with Gasteiger partial charge in [0.05, 0.1) is 0 Å². The first-order valence-electron chi connectivity index (χ1n) is 8.21. The Morgan fingerprint density at radius 3 is 2.20 bits per heavy atom. The number of aliphatic carboxylic acids is 1. The lowest BCUT2D eigenvalue weighted by atomic mass is 9.77. The van der Waals surface area contributed by atoms with Gasteiger partial charge in [-0.3, -0.25) is 14.6 Å². The molecule has 0 spiro atoms. The van der Waals surface area contributed by atoms with Gasteiger partial charge in [-0.2, -0.15) is 0 Å². The van der Waals surface area contributed by atoms with Crippen LogP contribution in [0.25, 0.3) is 0 Å². The van der Waals surface area contributed by atoms with E-state index in [1.54, 1.807) is 6.92 Å². The van der Waals surface area contributed by atoms with Crippen molar-refractivity contribution < 1.29 is 9.90 Å². The summed E-state index contributed by atoms with van der Waals surface area (Å²) in [6.07, 6.45) is 5.44. The topological polar surface area (TPSA) is 43.8 Å². The van der Waals surface area contributed by atoms with E-state index in [-0.39, 0.29) is 6.04 Å². The highest BCUT2D eigenvalue weighted by molar-refractivity contribution is 5.72. The van der Waals surface area contributed by atoms with Crippen LogP contribution >= 0.6 is 0 Å². The van der Waals surface area contributed by atoms with E-state index in [2.05, 4.69) is 23.6 Å². The van der Waals surface area contributed by atoms with Crippen LogP contribution in [0.3, 0.4) is 0 Å². The predicted octanol–water partition coefficient (Wildman–Crippen LogP) is 2.29. The van der Waals surface area contributed by atoms with E-state index in [1.807, 2.05) is 0 Å². The minimum absolute atomic E-state index is 0.343. The molecule has 4 nitrogen and oxygen atoms in total. The van der Waals surface area contributed by atoms with Gasteiger partial charge in [-0.15, -0.1) is 0 Å². The van der Waals surface area contributed by atoms with Crippen molar-refractivity contribution in [2.24, 2.45) is 11.8 Å². The Bertz CT molecular complexity index is 324. The van der Waals surface area contributed by atoms with Crippen LogP contribution in [-0.4, -0.2) is 59.1 Å². The number of hydrogen-bond donors (Lipinski definition) is 1. The molecule has 1 saturated heterocycles. The van der Waals surface area contributed by atoms with Crippen LogP contribution in [-0.2, 0) is 4.79 Å². The first-order valence-corrected chi connectivity index (χ1v) is 8.21. The van der Waals surface area contributed by atoms with Crippen LogP contribution in [0.5, 0.6) is 0 Å². The number of nitrogens with zero attached hydrogens (tertiary/aromatic N) is 2. The molecule has 1 N–H and O–H groups in total. The lowest BCUT2D eigenvalue weighted by molar-refractivity contribution is -0.143. The zero-order valence-electron chi connectivity index (χ0n) is 13.2. The molecule has 3 unspecified atom stereocenters. The standard InChI is InChI=1S/C16H30N2O2/c1-12(2)14-6-4-5-7-15(14)18-10-8-17(9-11-18)13(3)16(19)20/h12-15H,4-11H2,1-3H3,(H,19,20). The van der Waals surface area contributed by atoms with E-state index in [1.165, 1.54) is 25.7 Å². The van der Waals surface area contributed by atoms with Crippen LogP contribution in [0.2, 0.25) is 0 Å². The highest BCUT2D eigenvalue weighted by atomic mass is 16.4. The maximum Gasteiger partial charge on any atom is 0.320 e. The Kier molecular flexibility index (Phi) is 5.44. The fourth-order valence-electron chi connectivity index (χ4n) is 3.98. The van der Waals surface area contributed by atoms with Crippen LogP contribution < -0.4 is 0 Å². The van der Waals surface area contributed by atoms with Crippen molar-refractivity contribution in [2.45, 2.75) is 58.5 Å². The molecule has 1 aliphatic heterocycles. The molecule has 2 fully saturated rings. The van der Waals surface area contributed by atoms with Gasteiger partial charge in [-0.05, 0) is 31.6 Å². The molecule has 2 aliphatic rings. The van der Waals surface area contributed by atoms with Crippen molar-refractivity contribution in [3.63, 3.8) is 0 Å². The second-order valence-corrected chi connectivity index (χ2v) is 6.85. The van der Waals surface area contributed by atoms with Crippen LogP contribution in [0.4, 0.5) is 0 Å². The molecular formula is C16H30N2O2. The second kappa shape index (κ2) is 6.90. The van der Waals surface area contributed by atoms with Crippen molar-refractivity contribution in [2.75, 3.05) is 26.2 Å². The third-order valence-corrected chi connectivity index (χ3v) is 5.36. The smallest absolute Gasteiger partial charge is 0.320 e. The molecule has 1 saturated carbocycles. The minimum atomic E-state index is -0.698. The molecule has 20 heavy (non-hydrogen) atoms. The molecule has 2 rings (SSSR count). The Morgan fingerprint density at radius 1 is 1.05 bits per heavy atom. The summed E-state index contributed by atoms with van der Waals surface area (Å²) in [5.41, 5.74) is 0. The number of piperazine rings is 1. The molecule has 1 heterocycles. The summed E-state index contributed by atoms with van der Waals surface area (Å²) in [4.78, 5) is 15.8. The monoisotopic (exact) mass is 282 g/mol. The quantitative estimate of drug-likeness (QED) is 0.859. The molecule has 4 heteroatoms. The van der Waals surface area contributed by atoms with Crippen LogP contribution in [0.15, 0.2) is 0 Å². The van der Waals surface area contributed by atoms with Gasteiger partial charge in [0.2, 0.25) is 0 Å². The lowest BCUT2D eigenvalue weighted by Gasteiger charge is -2.46. The number of carboxylic acids is 1. The van der Waals surface area contributed by atoms with Crippen LogP contribution in [0, 0.1) is 11.8 Å². The van der Waals surface area contributed by atoms with E-state index in [4.69, 9.17) is 5.11 Å². The Morgan fingerprint density at radius 2 is 1.65 bits per heavy atom. The highest BCUT2D eigenvalue weighted by Gasteiger charge is 2.34. The fraction of sp³-hybridized carbons (Fsp3) is 0.938.